The average molecular weight is 579 g/mol. The quantitative estimate of drug-likeness (QED) is 0.163. The molecular formula is C23H24F7N7O3. The number of fused-ring (bicyclic) bond motifs is 1. The van der Waals surface area contributed by atoms with Crippen LogP contribution in [0.3, 0.4) is 0 Å². The average Bonchev–Trinajstić information content (AvgIpc) is 3.46. The number of rotatable bonds is 8. The Morgan fingerprint density at radius 1 is 1.30 bits per heavy atom. The Kier molecular flexibility index (Phi) is 7.94. The first kappa shape index (κ1) is 29.1. The molecule has 2 atom stereocenters. The van der Waals surface area contributed by atoms with Crippen molar-refractivity contribution in [2.45, 2.75) is 62.8 Å². The van der Waals surface area contributed by atoms with Gasteiger partial charge in [-0.1, -0.05) is 0 Å². The van der Waals surface area contributed by atoms with Gasteiger partial charge in [-0.3, -0.25) is 10.2 Å². The maximum absolute atomic E-state index is 13.8. The molecule has 3 heterocycles. The van der Waals surface area contributed by atoms with Gasteiger partial charge >= 0.3 is 12.2 Å². The minimum absolute atomic E-state index is 0.0561. The maximum Gasteiger partial charge on any atom is 0.410 e. The molecule has 3 amide bonds. The van der Waals surface area contributed by atoms with E-state index in [9.17, 15) is 45.4 Å². The van der Waals surface area contributed by atoms with Crippen LogP contribution >= 0.6 is 0 Å². The molecule has 2 aromatic heterocycles. The van der Waals surface area contributed by atoms with E-state index in [1.54, 1.807) is 0 Å². The summed E-state index contributed by atoms with van der Waals surface area (Å²) in [6, 6.07) is -2.59. The first-order valence-corrected chi connectivity index (χ1v) is 12.0. The molecule has 4 N–H and O–H groups in total. The highest BCUT2D eigenvalue weighted by Crippen LogP contribution is 2.41. The van der Waals surface area contributed by atoms with Crippen LogP contribution < -0.4 is 10.6 Å². The van der Waals surface area contributed by atoms with Crippen LogP contribution in [0.25, 0.3) is 5.65 Å². The number of aliphatic hydroxyl groups is 1. The van der Waals surface area contributed by atoms with E-state index >= 15 is 0 Å². The normalized spacial score (nSPS) is 21.1. The van der Waals surface area contributed by atoms with Crippen LogP contribution in [0, 0.1) is 11.3 Å². The molecule has 1 aliphatic heterocycles. The number of nitrogens with zero attached hydrogens (tertiary/aromatic N) is 4. The molecule has 17 heteroatoms. The summed E-state index contributed by atoms with van der Waals surface area (Å²) in [6.07, 6.45) is -6.37. The van der Waals surface area contributed by atoms with E-state index in [0.29, 0.717) is 5.56 Å². The van der Waals surface area contributed by atoms with Crippen molar-refractivity contribution in [2.24, 2.45) is 5.92 Å². The summed E-state index contributed by atoms with van der Waals surface area (Å²) in [5, 5.41) is 25.1. The number of alkyl halides is 7. The number of carbonyl (C=O) groups excluding carboxylic acids is 2. The Morgan fingerprint density at radius 3 is 2.55 bits per heavy atom. The number of urea groups is 1. The fourth-order valence-electron chi connectivity index (χ4n) is 4.72. The molecular weight excluding hydrogens is 555 g/mol. The lowest BCUT2D eigenvalue weighted by Gasteiger charge is -2.33. The van der Waals surface area contributed by atoms with Gasteiger partial charge in [0.25, 0.3) is 12.3 Å². The topological polar surface area (TPSA) is 136 Å². The second-order valence-corrected chi connectivity index (χ2v) is 9.66. The van der Waals surface area contributed by atoms with Crippen molar-refractivity contribution in [3.8, 4) is 0 Å². The van der Waals surface area contributed by atoms with Crippen LogP contribution in [0.1, 0.15) is 43.0 Å². The molecule has 2 aromatic rings. The maximum atomic E-state index is 13.8. The lowest BCUT2D eigenvalue weighted by atomic mass is 9.81. The van der Waals surface area contributed by atoms with Gasteiger partial charge in [-0.25, -0.2) is 31.9 Å². The van der Waals surface area contributed by atoms with E-state index in [2.05, 4.69) is 15.4 Å². The summed E-state index contributed by atoms with van der Waals surface area (Å²) in [4.78, 5) is 30.0. The van der Waals surface area contributed by atoms with Crippen molar-refractivity contribution in [3.05, 3.63) is 41.6 Å². The van der Waals surface area contributed by atoms with Crippen LogP contribution in [0.5, 0.6) is 0 Å². The third kappa shape index (κ3) is 6.28. The van der Waals surface area contributed by atoms with Crippen LogP contribution in [0.4, 0.5) is 35.5 Å². The van der Waals surface area contributed by atoms with Gasteiger partial charge in [0.05, 0.1) is 36.9 Å². The molecule has 0 spiro atoms. The molecule has 10 nitrogen and oxygen atoms in total. The number of hydrogen-bond donors (Lipinski definition) is 4. The summed E-state index contributed by atoms with van der Waals surface area (Å²) < 4.78 is 93.8. The first-order valence-electron chi connectivity index (χ1n) is 12.0. The van der Waals surface area contributed by atoms with E-state index in [1.165, 1.54) is 23.0 Å². The molecule has 1 aliphatic carbocycles. The largest absolute Gasteiger partial charge is 0.515 e. The lowest BCUT2D eigenvalue weighted by molar-refractivity contribution is -0.149. The number of amides is 3. The molecule has 0 aromatic carbocycles. The molecule has 40 heavy (non-hydrogen) atoms. The van der Waals surface area contributed by atoms with Crippen molar-refractivity contribution in [2.75, 3.05) is 6.54 Å². The van der Waals surface area contributed by atoms with Crippen molar-refractivity contribution in [1.82, 2.24) is 30.1 Å². The van der Waals surface area contributed by atoms with Gasteiger partial charge < -0.3 is 20.6 Å². The number of imidazole rings is 1. The standard InChI is InChI=1S/C23H24F7N7O3/c24-19(25)17(31)13(10-38)20(39)35-18(12-1-3-22(26,27)4-2-12)14-8-37-16(33-14)5-11(6-32-37)7-36-9-15(23(28,29)30)34-21(36)40/h5-6,8,10,12,15,18-19,31,38H,1-4,7,9H2,(H,34,40)(H,35,39)/b13-10+,31-17?/t15-,18-/m0/s1. The lowest BCUT2D eigenvalue weighted by Crippen LogP contribution is -2.40. The second kappa shape index (κ2) is 10.9. The molecule has 0 unspecified atom stereocenters. The highest BCUT2D eigenvalue weighted by Gasteiger charge is 2.47. The zero-order chi connectivity index (χ0) is 29.4. The third-order valence-corrected chi connectivity index (χ3v) is 6.87. The fourth-order valence-corrected chi connectivity index (χ4v) is 4.72. The van der Waals surface area contributed by atoms with Gasteiger partial charge in [0.2, 0.25) is 5.92 Å². The number of halogens is 7. The van der Waals surface area contributed by atoms with Gasteiger partial charge in [-0.2, -0.15) is 18.3 Å². The van der Waals surface area contributed by atoms with E-state index in [-0.39, 0.29) is 37.0 Å². The molecule has 0 radical (unpaired) electrons. The number of aromatic nitrogens is 3. The van der Waals surface area contributed by atoms with Crippen molar-refractivity contribution in [1.29, 1.82) is 5.41 Å². The van der Waals surface area contributed by atoms with Gasteiger partial charge in [0.15, 0.2) is 5.65 Å². The molecule has 4 rings (SSSR count). The molecule has 2 aliphatic rings. The number of hydrogen-bond acceptors (Lipinski definition) is 6. The SMILES string of the molecule is N=C(/C(=C\O)C(=O)N[C@H](c1cn2ncc(CN3C[C@@H](C(F)(F)F)NC3=O)cc2n1)C1CCC(F)(F)CC1)C(F)F. The highest BCUT2D eigenvalue weighted by molar-refractivity contribution is 6.21. The van der Waals surface area contributed by atoms with Crippen molar-refractivity contribution < 1.29 is 45.4 Å². The Balaban J connectivity index is 1.59. The van der Waals surface area contributed by atoms with Crippen LogP contribution in [0.2, 0.25) is 0 Å². The van der Waals surface area contributed by atoms with Crippen LogP contribution in [-0.4, -0.2) is 73.4 Å². The summed E-state index contributed by atoms with van der Waals surface area (Å²) in [7, 11) is 0. The van der Waals surface area contributed by atoms with Crippen molar-refractivity contribution >= 4 is 23.3 Å². The first-order chi connectivity index (χ1) is 18.7. The Hall–Kier alpha value is -3.92. The van der Waals surface area contributed by atoms with E-state index < -0.39 is 79.1 Å². The molecule has 0 bridgehead atoms. The van der Waals surface area contributed by atoms with Crippen LogP contribution in [-0.2, 0) is 11.3 Å². The summed E-state index contributed by atoms with van der Waals surface area (Å²) in [5.74, 6) is -4.76. The third-order valence-electron chi connectivity index (χ3n) is 6.87. The Labute approximate surface area is 221 Å². The minimum atomic E-state index is -4.62. The van der Waals surface area contributed by atoms with Crippen LogP contribution in [0.15, 0.2) is 30.3 Å². The minimum Gasteiger partial charge on any atom is -0.515 e. The zero-order valence-electron chi connectivity index (χ0n) is 20.6. The summed E-state index contributed by atoms with van der Waals surface area (Å²) in [6.45, 7) is -0.829. The van der Waals surface area contributed by atoms with Gasteiger partial charge in [-0.05, 0) is 30.4 Å². The highest BCUT2D eigenvalue weighted by atomic mass is 19.4. The Bertz CT molecular complexity index is 1320. The molecule has 1 saturated heterocycles. The van der Waals surface area contributed by atoms with E-state index in [0.717, 1.165) is 4.90 Å². The summed E-state index contributed by atoms with van der Waals surface area (Å²) in [5.41, 5.74) is -1.85. The van der Waals surface area contributed by atoms with Gasteiger partial charge in [-0.15, -0.1) is 0 Å². The number of nitrogens with one attached hydrogen (secondary N) is 3. The zero-order valence-corrected chi connectivity index (χ0v) is 20.6. The smallest absolute Gasteiger partial charge is 0.410 e. The van der Waals surface area contributed by atoms with E-state index in [4.69, 9.17) is 5.41 Å². The monoisotopic (exact) mass is 579 g/mol. The molecule has 218 valence electrons. The summed E-state index contributed by atoms with van der Waals surface area (Å²) >= 11 is 0. The predicted octanol–water partition coefficient (Wildman–Crippen LogP) is 3.89. The number of aliphatic hydroxyl groups excluding tert-OH is 1. The predicted molar refractivity (Wildman–Crippen MR) is 124 cm³/mol. The van der Waals surface area contributed by atoms with Crippen molar-refractivity contribution in [3.63, 3.8) is 0 Å². The second-order valence-electron chi connectivity index (χ2n) is 9.66. The number of carbonyl (C=O) groups is 2. The van der Waals surface area contributed by atoms with Gasteiger partial charge in [0.1, 0.15) is 17.3 Å². The molecule has 1 saturated carbocycles. The van der Waals surface area contributed by atoms with Gasteiger partial charge in [0, 0.05) is 19.4 Å². The molecule has 2 fully saturated rings. The Morgan fingerprint density at radius 2 is 1.98 bits per heavy atom. The fraction of sp³-hybridized carbons (Fsp3) is 0.522. The van der Waals surface area contributed by atoms with E-state index in [1.807, 2.05) is 5.32 Å².